The van der Waals surface area contributed by atoms with E-state index in [0.717, 1.165) is 45.6 Å². The van der Waals surface area contributed by atoms with E-state index >= 15 is 0 Å². The van der Waals surface area contributed by atoms with Crippen molar-refractivity contribution in [2.24, 2.45) is 0 Å². The molecule has 0 radical (unpaired) electrons. The predicted molar refractivity (Wildman–Crippen MR) is 183 cm³/mol. The minimum absolute atomic E-state index is 0.000437. The topological polar surface area (TPSA) is 130 Å². The van der Waals surface area contributed by atoms with E-state index in [0.29, 0.717) is 0 Å². The summed E-state index contributed by atoms with van der Waals surface area (Å²) in [6.07, 6.45) is 3.95. The third-order valence-corrected chi connectivity index (χ3v) is 10.5. The van der Waals surface area contributed by atoms with E-state index in [-0.39, 0.29) is 41.2 Å². The van der Waals surface area contributed by atoms with Gasteiger partial charge in [-0.3, -0.25) is 24.0 Å². The van der Waals surface area contributed by atoms with Gasteiger partial charge in [-0.1, -0.05) is 89.4 Å². The summed E-state index contributed by atoms with van der Waals surface area (Å²) in [5.74, 6) is -0.910. The van der Waals surface area contributed by atoms with Crippen LogP contribution in [-0.2, 0) is 32.6 Å². The molecule has 5 rings (SSSR count). The Labute approximate surface area is 282 Å². The van der Waals surface area contributed by atoms with Crippen LogP contribution < -0.4 is 9.62 Å². The first kappa shape index (κ1) is 33.8. The fourth-order valence-corrected chi connectivity index (χ4v) is 7.40. The van der Waals surface area contributed by atoms with Crippen molar-refractivity contribution in [1.82, 2.24) is 10.2 Å². The Bertz CT molecular complexity index is 1780. The maximum Gasteiger partial charge on any atom is 0.269 e. The molecule has 1 N–H and O–H groups in total. The van der Waals surface area contributed by atoms with Crippen molar-refractivity contribution < 1.29 is 22.9 Å². The molecule has 0 spiro atoms. The number of carbonyl (C=O) groups is 2. The van der Waals surface area contributed by atoms with E-state index in [2.05, 4.69) is 21.2 Å². The summed E-state index contributed by atoms with van der Waals surface area (Å²) in [7, 11) is -4.31. The molecule has 0 bridgehead atoms. The predicted octanol–water partition coefficient (Wildman–Crippen LogP) is 6.25. The Balaban J connectivity index is 1.56. The van der Waals surface area contributed by atoms with Crippen molar-refractivity contribution in [2.45, 2.75) is 55.6 Å². The second kappa shape index (κ2) is 15.4. The monoisotopic (exact) mass is 718 g/mol. The number of anilines is 1. The highest BCUT2D eigenvalue weighted by Crippen LogP contribution is 2.27. The molecular formula is C35H35BrN4O6S. The molecule has 1 fully saturated rings. The Hall–Kier alpha value is -4.55. The van der Waals surface area contributed by atoms with Gasteiger partial charge in [-0.05, 0) is 60.4 Å². The van der Waals surface area contributed by atoms with Crippen LogP contribution in [0.2, 0.25) is 0 Å². The van der Waals surface area contributed by atoms with Crippen LogP contribution in [0, 0.1) is 10.1 Å². The van der Waals surface area contributed by atoms with E-state index in [1.165, 1.54) is 41.3 Å². The van der Waals surface area contributed by atoms with Crippen molar-refractivity contribution >= 4 is 49.1 Å². The number of nitrogens with one attached hydrogen (secondary N) is 1. The van der Waals surface area contributed by atoms with Crippen molar-refractivity contribution in [1.29, 1.82) is 0 Å². The standard InChI is InChI=1S/C35H35BrN4O6S/c36-28-17-15-27(16-18-28)24-38(33(23-26-9-3-1-4-10-26)35(42)37-29-11-7-8-12-29)34(41)25-39(30-19-21-31(22-20-30)40(43)44)47(45,46)32-13-5-2-6-14-32/h1-6,9-10,13-22,29,33H,7-8,11-12,23-25H2,(H,37,42)/t33-/m1/s1. The first-order chi connectivity index (χ1) is 22.6. The third-order valence-electron chi connectivity index (χ3n) is 8.20. The van der Waals surface area contributed by atoms with Crippen LogP contribution in [0.5, 0.6) is 0 Å². The average Bonchev–Trinajstić information content (AvgIpc) is 3.60. The number of amides is 2. The summed E-state index contributed by atoms with van der Waals surface area (Å²) < 4.78 is 29.9. The Morgan fingerprint density at radius 2 is 1.45 bits per heavy atom. The number of hydrogen-bond donors (Lipinski definition) is 1. The lowest BCUT2D eigenvalue weighted by atomic mass is 10.0. The lowest BCUT2D eigenvalue weighted by Gasteiger charge is -2.34. The molecule has 10 nitrogen and oxygen atoms in total. The largest absolute Gasteiger partial charge is 0.352 e. The van der Waals surface area contributed by atoms with E-state index in [1.54, 1.807) is 18.2 Å². The smallest absolute Gasteiger partial charge is 0.269 e. The molecule has 0 unspecified atom stereocenters. The molecule has 1 aliphatic carbocycles. The van der Waals surface area contributed by atoms with Gasteiger partial charge in [0, 0.05) is 35.6 Å². The molecule has 12 heteroatoms. The number of nitrogens with zero attached hydrogens (tertiary/aromatic N) is 3. The van der Waals surface area contributed by atoms with Crippen LogP contribution >= 0.6 is 15.9 Å². The number of benzene rings is 4. The lowest BCUT2D eigenvalue weighted by molar-refractivity contribution is -0.384. The van der Waals surface area contributed by atoms with Crippen molar-refractivity contribution in [3.05, 3.63) is 135 Å². The number of hydrogen-bond acceptors (Lipinski definition) is 6. The second-order valence-electron chi connectivity index (χ2n) is 11.4. The average molecular weight is 720 g/mol. The molecule has 244 valence electrons. The molecule has 0 aromatic heterocycles. The normalized spacial score (nSPS) is 13.9. The van der Waals surface area contributed by atoms with Crippen molar-refractivity contribution in [3.63, 3.8) is 0 Å². The highest BCUT2D eigenvalue weighted by atomic mass is 79.9. The van der Waals surface area contributed by atoms with Gasteiger partial charge in [-0.25, -0.2) is 8.42 Å². The summed E-state index contributed by atoms with van der Waals surface area (Å²) in [5, 5.41) is 14.5. The molecule has 0 aliphatic heterocycles. The van der Waals surface area contributed by atoms with Gasteiger partial charge in [0.2, 0.25) is 11.8 Å². The van der Waals surface area contributed by atoms with Gasteiger partial charge in [0.15, 0.2) is 0 Å². The van der Waals surface area contributed by atoms with E-state index < -0.39 is 33.4 Å². The fraction of sp³-hybridized carbons (Fsp3) is 0.257. The van der Waals surface area contributed by atoms with Crippen LogP contribution in [-0.4, -0.2) is 48.7 Å². The van der Waals surface area contributed by atoms with Crippen molar-refractivity contribution in [2.75, 3.05) is 10.8 Å². The first-order valence-electron chi connectivity index (χ1n) is 15.3. The first-order valence-corrected chi connectivity index (χ1v) is 17.6. The molecule has 4 aromatic rings. The Morgan fingerprint density at radius 3 is 2.04 bits per heavy atom. The molecule has 1 aliphatic rings. The van der Waals surface area contributed by atoms with Gasteiger partial charge >= 0.3 is 0 Å². The number of non-ortho nitro benzene ring substituents is 1. The molecule has 1 atom stereocenters. The Kier molecular flexibility index (Phi) is 11.0. The molecule has 4 aromatic carbocycles. The Morgan fingerprint density at radius 1 is 0.851 bits per heavy atom. The van der Waals surface area contributed by atoms with Gasteiger partial charge in [-0.2, -0.15) is 0 Å². The van der Waals surface area contributed by atoms with E-state index in [4.69, 9.17) is 0 Å². The summed E-state index contributed by atoms with van der Waals surface area (Å²) in [5.41, 5.74) is 1.45. The number of carbonyl (C=O) groups excluding carboxylic acids is 2. The van der Waals surface area contributed by atoms with Gasteiger partial charge < -0.3 is 10.2 Å². The molecule has 1 saturated carbocycles. The maximum atomic E-state index is 14.5. The van der Waals surface area contributed by atoms with E-state index in [9.17, 15) is 28.1 Å². The van der Waals surface area contributed by atoms with Crippen molar-refractivity contribution in [3.8, 4) is 0 Å². The number of nitro groups is 1. The number of halogens is 1. The van der Waals surface area contributed by atoms with Crippen LogP contribution in [0.25, 0.3) is 0 Å². The molecule has 0 heterocycles. The summed E-state index contributed by atoms with van der Waals surface area (Å²) in [6, 6.07) is 28.5. The van der Waals surface area contributed by atoms with Crippen LogP contribution in [0.4, 0.5) is 11.4 Å². The number of sulfonamides is 1. The lowest BCUT2D eigenvalue weighted by Crippen LogP contribution is -2.54. The third kappa shape index (κ3) is 8.63. The molecule has 0 saturated heterocycles. The maximum absolute atomic E-state index is 14.5. The fourth-order valence-electron chi connectivity index (χ4n) is 5.70. The highest BCUT2D eigenvalue weighted by Gasteiger charge is 2.35. The van der Waals surface area contributed by atoms with Crippen LogP contribution in [0.15, 0.2) is 119 Å². The zero-order valence-electron chi connectivity index (χ0n) is 25.6. The van der Waals surface area contributed by atoms with Gasteiger partial charge in [0.25, 0.3) is 15.7 Å². The number of nitro benzene ring substituents is 1. The zero-order chi connectivity index (χ0) is 33.4. The molecule has 2 amide bonds. The molecular weight excluding hydrogens is 684 g/mol. The summed E-state index contributed by atoms with van der Waals surface area (Å²) in [6.45, 7) is -0.602. The quantitative estimate of drug-likeness (QED) is 0.129. The van der Waals surface area contributed by atoms with E-state index in [1.807, 2.05) is 54.6 Å². The summed E-state index contributed by atoms with van der Waals surface area (Å²) in [4.78, 5) is 40.8. The van der Waals surface area contributed by atoms with Gasteiger partial charge in [0.05, 0.1) is 15.5 Å². The van der Waals surface area contributed by atoms with Crippen LogP contribution in [0.3, 0.4) is 0 Å². The zero-order valence-corrected chi connectivity index (χ0v) is 28.0. The second-order valence-corrected chi connectivity index (χ2v) is 14.2. The number of rotatable bonds is 13. The minimum Gasteiger partial charge on any atom is -0.352 e. The SMILES string of the molecule is O=C(NC1CCCC1)[C@@H](Cc1ccccc1)N(Cc1ccc(Br)cc1)C(=O)CN(c1ccc([N+](=O)[O-])cc1)S(=O)(=O)c1ccccc1. The van der Waals surface area contributed by atoms with Crippen LogP contribution in [0.1, 0.15) is 36.8 Å². The van der Waals surface area contributed by atoms with Gasteiger partial charge in [0.1, 0.15) is 12.6 Å². The highest BCUT2D eigenvalue weighted by molar-refractivity contribution is 9.10. The summed E-state index contributed by atoms with van der Waals surface area (Å²) >= 11 is 3.44. The minimum atomic E-state index is -4.31. The molecule has 47 heavy (non-hydrogen) atoms. The van der Waals surface area contributed by atoms with Gasteiger partial charge in [-0.15, -0.1) is 0 Å².